The highest BCUT2D eigenvalue weighted by molar-refractivity contribution is 6.28. The fourth-order valence-electron chi connectivity index (χ4n) is 2.05. The highest BCUT2D eigenvalue weighted by atomic mass is 35.5. The maximum atomic E-state index is 11.3. The van der Waals surface area contributed by atoms with Crippen LogP contribution in [-0.4, -0.2) is 21.0 Å². The summed E-state index contributed by atoms with van der Waals surface area (Å²) in [5.41, 5.74) is 0.900. The average molecular weight is 306 g/mol. The van der Waals surface area contributed by atoms with Crippen molar-refractivity contribution in [2.45, 2.75) is 25.9 Å². The third-order valence-electron chi connectivity index (χ3n) is 3.15. The van der Waals surface area contributed by atoms with Gasteiger partial charge in [0.2, 0.25) is 5.28 Å². The Morgan fingerprint density at radius 1 is 1.38 bits per heavy atom. The van der Waals surface area contributed by atoms with E-state index in [4.69, 9.17) is 16.3 Å². The first kappa shape index (κ1) is 13.8. The van der Waals surface area contributed by atoms with Crippen molar-refractivity contribution in [2.75, 3.05) is 0 Å². The van der Waals surface area contributed by atoms with Gasteiger partial charge in [0.15, 0.2) is 5.69 Å². The molecule has 0 saturated heterocycles. The Morgan fingerprint density at radius 3 is 2.81 bits per heavy atom. The quantitative estimate of drug-likeness (QED) is 0.490. The molecule has 0 amide bonds. The van der Waals surface area contributed by atoms with E-state index in [0.29, 0.717) is 11.3 Å². The highest BCUT2D eigenvalue weighted by Gasteiger charge is 2.25. The van der Waals surface area contributed by atoms with Gasteiger partial charge in [0, 0.05) is 5.56 Å². The van der Waals surface area contributed by atoms with Crippen molar-refractivity contribution in [3.05, 3.63) is 45.4 Å². The zero-order chi connectivity index (χ0) is 15.0. The standard InChI is InChI=1S/C14H12ClN3O3/c1-8-13(18(19)20)12(17-14(15)16-8)9-3-2-4-11(7-9)21-10-5-6-10/h2-4,7,10H,5-6H2,1H3. The summed E-state index contributed by atoms with van der Waals surface area (Å²) in [4.78, 5) is 18.6. The summed E-state index contributed by atoms with van der Waals surface area (Å²) in [5, 5.41) is 11.2. The summed E-state index contributed by atoms with van der Waals surface area (Å²) in [7, 11) is 0. The normalized spacial score (nSPS) is 14.0. The third-order valence-corrected chi connectivity index (χ3v) is 3.32. The first-order chi connectivity index (χ1) is 10.0. The van der Waals surface area contributed by atoms with Gasteiger partial charge in [-0.15, -0.1) is 0 Å². The molecule has 3 rings (SSSR count). The maximum Gasteiger partial charge on any atom is 0.316 e. The van der Waals surface area contributed by atoms with Gasteiger partial charge in [-0.2, -0.15) is 0 Å². The number of benzene rings is 1. The molecular weight excluding hydrogens is 294 g/mol. The van der Waals surface area contributed by atoms with Gasteiger partial charge in [0.25, 0.3) is 0 Å². The number of rotatable bonds is 4. The summed E-state index contributed by atoms with van der Waals surface area (Å²) in [6.45, 7) is 1.54. The van der Waals surface area contributed by atoms with Gasteiger partial charge in [-0.25, -0.2) is 9.97 Å². The molecule has 1 aromatic carbocycles. The van der Waals surface area contributed by atoms with Crippen LogP contribution in [0.3, 0.4) is 0 Å². The first-order valence-corrected chi connectivity index (χ1v) is 6.88. The lowest BCUT2D eigenvalue weighted by molar-refractivity contribution is -0.385. The van der Waals surface area contributed by atoms with E-state index >= 15 is 0 Å². The average Bonchev–Trinajstić information content (AvgIpc) is 3.21. The van der Waals surface area contributed by atoms with E-state index in [1.54, 1.807) is 25.1 Å². The highest BCUT2D eigenvalue weighted by Crippen LogP contribution is 2.34. The second-order valence-electron chi connectivity index (χ2n) is 4.88. The number of aromatic nitrogens is 2. The zero-order valence-corrected chi connectivity index (χ0v) is 12.0. The molecule has 1 aromatic heterocycles. The summed E-state index contributed by atoms with van der Waals surface area (Å²) in [5.74, 6) is 0.677. The molecule has 1 saturated carbocycles. The van der Waals surface area contributed by atoms with E-state index in [-0.39, 0.29) is 28.5 Å². The molecule has 0 spiro atoms. The van der Waals surface area contributed by atoms with Crippen LogP contribution < -0.4 is 4.74 Å². The second kappa shape index (κ2) is 5.29. The van der Waals surface area contributed by atoms with Crippen molar-refractivity contribution >= 4 is 17.3 Å². The molecule has 21 heavy (non-hydrogen) atoms. The predicted octanol–water partition coefficient (Wildman–Crippen LogP) is 3.55. The minimum absolute atomic E-state index is 0.0124. The van der Waals surface area contributed by atoms with Crippen molar-refractivity contribution in [1.29, 1.82) is 0 Å². The zero-order valence-electron chi connectivity index (χ0n) is 11.2. The van der Waals surface area contributed by atoms with Crippen molar-refractivity contribution in [2.24, 2.45) is 0 Å². The summed E-state index contributed by atoms with van der Waals surface area (Å²) < 4.78 is 5.70. The molecule has 0 bridgehead atoms. The third kappa shape index (κ3) is 2.95. The molecule has 108 valence electrons. The van der Waals surface area contributed by atoms with Crippen LogP contribution in [-0.2, 0) is 0 Å². The summed E-state index contributed by atoms with van der Waals surface area (Å²) in [6, 6.07) is 7.08. The number of nitro groups is 1. The van der Waals surface area contributed by atoms with E-state index in [0.717, 1.165) is 12.8 Å². The lowest BCUT2D eigenvalue weighted by Crippen LogP contribution is -2.01. The molecule has 0 atom stereocenters. The molecule has 1 aliphatic rings. The molecule has 7 heteroatoms. The van der Waals surface area contributed by atoms with Gasteiger partial charge in [-0.1, -0.05) is 12.1 Å². The van der Waals surface area contributed by atoms with E-state index in [9.17, 15) is 10.1 Å². The SMILES string of the molecule is Cc1nc(Cl)nc(-c2cccc(OC3CC3)c2)c1[N+](=O)[O-]. The largest absolute Gasteiger partial charge is 0.490 e. The number of halogens is 1. The van der Waals surface area contributed by atoms with Crippen LogP contribution >= 0.6 is 11.6 Å². The Balaban J connectivity index is 2.08. The minimum atomic E-state index is -0.491. The Hall–Kier alpha value is -2.21. The van der Waals surface area contributed by atoms with Crippen molar-refractivity contribution < 1.29 is 9.66 Å². The molecule has 1 heterocycles. The molecule has 2 aromatic rings. The Bertz CT molecular complexity index is 717. The van der Waals surface area contributed by atoms with Crippen LogP contribution in [0.2, 0.25) is 5.28 Å². The minimum Gasteiger partial charge on any atom is -0.490 e. The van der Waals surface area contributed by atoms with E-state index < -0.39 is 4.92 Å². The molecule has 6 nitrogen and oxygen atoms in total. The fraction of sp³-hybridized carbons (Fsp3) is 0.286. The van der Waals surface area contributed by atoms with Crippen LogP contribution in [0.25, 0.3) is 11.3 Å². The lowest BCUT2D eigenvalue weighted by Gasteiger charge is -2.08. The van der Waals surface area contributed by atoms with Crippen LogP contribution in [0.5, 0.6) is 5.75 Å². The molecule has 0 aliphatic heterocycles. The number of ether oxygens (including phenoxy) is 1. The second-order valence-corrected chi connectivity index (χ2v) is 5.22. The molecule has 0 N–H and O–H groups in total. The lowest BCUT2D eigenvalue weighted by atomic mass is 10.1. The molecular formula is C14H12ClN3O3. The molecule has 0 radical (unpaired) electrons. The van der Waals surface area contributed by atoms with Gasteiger partial charge in [-0.3, -0.25) is 10.1 Å². The molecule has 0 unspecified atom stereocenters. The van der Waals surface area contributed by atoms with Crippen molar-refractivity contribution in [3.63, 3.8) is 0 Å². The topological polar surface area (TPSA) is 78.2 Å². The number of hydrogen-bond donors (Lipinski definition) is 0. The Labute approximate surface area is 125 Å². The van der Waals surface area contributed by atoms with Gasteiger partial charge in [0.1, 0.15) is 11.4 Å². The molecule has 1 fully saturated rings. The van der Waals surface area contributed by atoms with E-state index in [2.05, 4.69) is 9.97 Å². The number of hydrogen-bond acceptors (Lipinski definition) is 5. The number of nitrogens with zero attached hydrogens (tertiary/aromatic N) is 3. The maximum absolute atomic E-state index is 11.3. The van der Waals surface area contributed by atoms with E-state index in [1.807, 2.05) is 6.07 Å². The Kier molecular flexibility index (Phi) is 3.47. The van der Waals surface area contributed by atoms with Crippen LogP contribution in [0.15, 0.2) is 24.3 Å². The smallest absolute Gasteiger partial charge is 0.316 e. The monoisotopic (exact) mass is 305 g/mol. The van der Waals surface area contributed by atoms with Gasteiger partial charge < -0.3 is 4.74 Å². The summed E-state index contributed by atoms with van der Waals surface area (Å²) >= 11 is 5.83. The summed E-state index contributed by atoms with van der Waals surface area (Å²) in [6.07, 6.45) is 2.34. The number of aryl methyl sites for hydroxylation is 1. The predicted molar refractivity (Wildman–Crippen MR) is 77.5 cm³/mol. The van der Waals surface area contributed by atoms with Crippen molar-refractivity contribution in [1.82, 2.24) is 9.97 Å². The van der Waals surface area contributed by atoms with Gasteiger partial charge in [0.05, 0.1) is 11.0 Å². The van der Waals surface area contributed by atoms with E-state index in [1.165, 1.54) is 0 Å². The Morgan fingerprint density at radius 2 is 2.14 bits per heavy atom. The van der Waals surface area contributed by atoms with Crippen LogP contribution in [0.1, 0.15) is 18.5 Å². The van der Waals surface area contributed by atoms with Crippen LogP contribution in [0.4, 0.5) is 5.69 Å². The van der Waals surface area contributed by atoms with Gasteiger partial charge in [-0.05, 0) is 43.5 Å². The van der Waals surface area contributed by atoms with Crippen molar-refractivity contribution in [3.8, 4) is 17.0 Å². The molecule has 1 aliphatic carbocycles. The van der Waals surface area contributed by atoms with Gasteiger partial charge >= 0.3 is 5.69 Å². The fourth-order valence-corrected chi connectivity index (χ4v) is 2.26. The van der Waals surface area contributed by atoms with Crippen LogP contribution in [0, 0.1) is 17.0 Å². The first-order valence-electron chi connectivity index (χ1n) is 6.50.